The van der Waals surface area contributed by atoms with Crippen LogP contribution >= 0.6 is 0 Å². The summed E-state index contributed by atoms with van der Waals surface area (Å²) in [6.45, 7) is 0.499. The topological polar surface area (TPSA) is 86.1 Å². The molecular weight excluding hydrogens is 580 g/mol. The molecule has 47 heavy (non-hydrogen) atoms. The number of hydrogen-bond donors (Lipinski definition) is 1. The molecule has 0 bridgehead atoms. The van der Waals surface area contributed by atoms with Gasteiger partial charge in [0, 0.05) is 16.5 Å². The lowest BCUT2D eigenvalue weighted by Gasteiger charge is -2.08. The van der Waals surface area contributed by atoms with Gasteiger partial charge in [0.25, 0.3) is 0 Å². The molecule has 9 rings (SSSR count). The van der Waals surface area contributed by atoms with Crippen LogP contribution < -0.4 is 5.73 Å². The monoisotopic (exact) mass is 608 g/mol. The van der Waals surface area contributed by atoms with Crippen molar-refractivity contribution in [1.29, 1.82) is 0 Å². The van der Waals surface area contributed by atoms with E-state index in [1.54, 1.807) is 0 Å². The van der Waals surface area contributed by atoms with Crippen molar-refractivity contribution >= 4 is 61.5 Å². The second kappa shape index (κ2) is 10.9. The maximum absolute atomic E-state index is 6.75. The van der Waals surface area contributed by atoms with Crippen LogP contribution in [0.1, 0.15) is 16.7 Å². The molecular formula is C40H28N6O. The van der Waals surface area contributed by atoms with Crippen molar-refractivity contribution in [2.24, 2.45) is 15.7 Å². The highest BCUT2D eigenvalue weighted by molar-refractivity contribution is 6.15. The van der Waals surface area contributed by atoms with Gasteiger partial charge in [-0.05, 0) is 60.2 Å². The molecule has 224 valence electrons. The Hall–Kier alpha value is -6.47. The minimum absolute atomic E-state index is 0.378. The predicted molar refractivity (Wildman–Crippen MR) is 191 cm³/mol. The number of imidazole rings is 2. The van der Waals surface area contributed by atoms with Gasteiger partial charge in [-0.3, -0.25) is 14.0 Å². The summed E-state index contributed by atoms with van der Waals surface area (Å²) in [4.78, 5) is 14.8. The van der Waals surface area contributed by atoms with Crippen molar-refractivity contribution in [1.82, 2.24) is 14.0 Å². The third-order valence-corrected chi connectivity index (χ3v) is 8.63. The second-order valence-corrected chi connectivity index (χ2v) is 11.5. The quantitative estimate of drug-likeness (QED) is 0.157. The molecule has 0 aliphatic rings. The number of nitrogens with zero attached hydrogens (tertiary/aromatic N) is 5. The summed E-state index contributed by atoms with van der Waals surface area (Å²) in [5, 5.41) is 1.93. The average Bonchev–Trinajstić information content (AvgIpc) is 3.79. The molecule has 2 N–H and O–H groups in total. The predicted octanol–water partition coefficient (Wildman–Crippen LogP) is 8.68. The number of amidine groups is 2. The molecule has 3 aromatic heterocycles. The summed E-state index contributed by atoms with van der Waals surface area (Å²) in [6, 6.07) is 48.9. The zero-order chi connectivity index (χ0) is 31.3. The summed E-state index contributed by atoms with van der Waals surface area (Å²) in [5.41, 5.74) is 16.2. The van der Waals surface area contributed by atoms with E-state index in [4.69, 9.17) is 25.1 Å². The molecule has 0 saturated carbocycles. The Bertz CT molecular complexity index is 2660. The Morgan fingerprint density at radius 1 is 0.660 bits per heavy atom. The average molecular weight is 609 g/mol. The highest BCUT2D eigenvalue weighted by Gasteiger charge is 2.21. The summed E-state index contributed by atoms with van der Waals surface area (Å²) in [6.07, 6.45) is 0. The smallest absolute Gasteiger partial charge is 0.220 e. The molecule has 7 nitrogen and oxygen atoms in total. The summed E-state index contributed by atoms with van der Waals surface area (Å²) in [7, 11) is 0. The standard InChI is InChI=1S/C40H28N6O/c41-38(44-39(27-14-5-2-6-15-27)42-25-26-12-3-1-4-13-26)28-22-23-35-29(24-28)37-34(20-11-21-36(37)47-35)46-33-19-10-9-18-32(33)45-31-17-8-7-16-30(31)43-40(45)46/h1-24H,25H2,(H2,41,42,44). The lowest BCUT2D eigenvalue weighted by Crippen LogP contribution is -2.16. The van der Waals surface area contributed by atoms with Crippen molar-refractivity contribution in [3.8, 4) is 5.69 Å². The van der Waals surface area contributed by atoms with E-state index in [0.29, 0.717) is 18.2 Å². The maximum Gasteiger partial charge on any atom is 0.220 e. The van der Waals surface area contributed by atoms with Gasteiger partial charge in [0.05, 0.1) is 39.7 Å². The highest BCUT2D eigenvalue weighted by Crippen LogP contribution is 2.37. The lowest BCUT2D eigenvalue weighted by molar-refractivity contribution is 0.669. The van der Waals surface area contributed by atoms with Gasteiger partial charge in [-0.1, -0.05) is 91.0 Å². The number of fused-ring (bicyclic) bond motifs is 8. The lowest BCUT2D eigenvalue weighted by atomic mass is 10.1. The third kappa shape index (κ3) is 4.48. The van der Waals surface area contributed by atoms with Crippen LogP contribution in [0, 0.1) is 0 Å². The minimum atomic E-state index is 0.378. The van der Waals surface area contributed by atoms with E-state index in [1.165, 1.54) is 0 Å². The highest BCUT2D eigenvalue weighted by atomic mass is 16.3. The molecule has 0 atom stereocenters. The van der Waals surface area contributed by atoms with Gasteiger partial charge < -0.3 is 10.2 Å². The number of nitrogens with two attached hydrogens (primary N) is 1. The van der Waals surface area contributed by atoms with Crippen molar-refractivity contribution in [3.63, 3.8) is 0 Å². The SMILES string of the molecule is NC(=NC(=NCc1ccccc1)c1ccccc1)c1ccc2oc3cccc(-n4c5ccccc5n5c6ccccc6nc45)c3c2c1. The molecule has 0 saturated heterocycles. The van der Waals surface area contributed by atoms with Crippen LogP contribution in [0.5, 0.6) is 0 Å². The van der Waals surface area contributed by atoms with Gasteiger partial charge in [0.2, 0.25) is 5.78 Å². The number of rotatable bonds is 5. The molecule has 3 heterocycles. The van der Waals surface area contributed by atoms with Gasteiger partial charge in [-0.25, -0.2) is 9.98 Å². The van der Waals surface area contributed by atoms with Gasteiger partial charge in [0.1, 0.15) is 17.0 Å². The first-order valence-electron chi connectivity index (χ1n) is 15.5. The second-order valence-electron chi connectivity index (χ2n) is 11.5. The Balaban J connectivity index is 1.22. The molecule has 9 aromatic rings. The first kappa shape index (κ1) is 26.9. The summed E-state index contributed by atoms with van der Waals surface area (Å²) < 4.78 is 10.8. The van der Waals surface area contributed by atoms with E-state index < -0.39 is 0 Å². The molecule has 0 amide bonds. The molecule has 0 spiro atoms. The Labute approximate surface area is 269 Å². The van der Waals surface area contributed by atoms with Crippen LogP contribution in [0.3, 0.4) is 0 Å². The third-order valence-electron chi connectivity index (χ3n) is 8.63. The van der Waals surface area contributed by atoms with Crippen molar-refractivity contribution in [2.45, 2.75) is 6.54 Å². The van der Waals surface area contributed by atoms with Crippen LogP contribution in [-0.2, 0) is 6.54 Å². The molecule has 0 aliphatic carbocycles. The fraction of sp³-hybridized carbons (Fsp3) is 0.0250. The summed E-state index contributed by atoms with van der Waals surface area (Å²) >= 11 is 0. The van der Waals surface area contributed by atoms with E-state index in [0.717, 1.165) is 72.2 Å². The maximum atomic E-state index is 6.75. The fourth-order valence-electron chi connectivity index (χ4n) is 6.45. The van der Waals surface area contributed by atoms with Crippen LogP contribution in [0.15, 0.2) is 160 Å². The zero-order valence-corrected chi connectivity index (χ0v) is 25.3. The molecule has 6 aromatic carbocycles. The molecule has 0 fully saturated rings. The van der Waals surface area contributed by atoms with Crippen molar-refractivity contribution in [2.75, 3.05) is 0 Å². The largest absolute Gasteiger partial charge is 0.456 e. The first-order chi connectivity index (χ1) is 23.2. The van der Waals surface area contributed by atoms with E-state index >= 15 is 0 Å². The summed E-state index contributed by atoms with van der Waals surface area (Å²) in [5.74, 6) is 1.80. The number of aromatic nitrogens is 3. The Morgan fingerprint density at radius 2 is 1.38 bits per heavy atom. The number of para-hydroxylation sites is 4. The van der Waals surface area contributed by atoms with Crippen LogP contribution in [0.25, 0.3) is 55.5 Å². The molecule has 0 unspecified atom stereocenters. The number of furan rings is 1. The van der Waals surface area contributed by atoms with Gasteiger partial charge in [0.15, 0.2) is 5.84 Å². The van der Waals surface area contributed by atoms with Crippen molar-refractivity contribution < 1.29 is 4.42 Å². The first-order valence-corrected chi connectivity index (χ1v) is 15.5. The van der Waals surface area contributed by atoms with Crippen LogP contribution in [0.4, 0.5) is 0 Å². The number of hydrogen-bond acceptors (Lipinski definition) is 3. The van der Waals surface area contributed by atoms with Crippen LogP contribution in [-0.4, -0.2) is 25.6 Å². The van der Waals surface area contributed by atoms with Crippen LogP contribution in [0.2, 0.25) is 0 Å². The number of aliphatic imine (C=N–C) groups is 2. The van der Waals surface area contributed by atoms with Crippen molar-refractivity contribution in [3.05, 3.63) is 162 Å². The molecule has 0 aliphatic heterocycles. The minimum Gasteiger partial charge on any atom is -0.456 e. The molecule has 7 heteroatoms. The van der Waals surface area contributed by atoms with E-state index in [9.17, 15) is 0 Å². The fourth-order valence-corrected chi connectivity index (χ4v) is 6.45. The van der Waals surface area contributed by atoms with Gasteiger partial charge >= 0.3 is 0 Å². The van der Waals surface area contributed by atoms with Gasteiger partial charge in [-0.2, -0.15) is 0 Å². The number of benzene rings is 6. The Kier molecular flexibility index (Phi) is 6.21. The van der Waals surface area contributed by atoms with E-state index in [1.807, 2.05) is 78.9 Å². The van der Waals surface area contributed by atoms with Gasteiger partial charge in [-0.15, -0.1) is 0 Å². The normalized spacial score (nSPS) is 12.7. The Morgan fingerprint density at radius 3 is 2.21 bits per heavy atom. The zero-order valence-electron chi connectivity index (χ0n) is 25.3. The van der Waals surface area contributed by atoms with E-state index in [2.05, 4.69) is 75.7 Å². The van der Waals surface area contributed by atoms with E-state index in [-0.39, 0.29) is 0 Å². The molecule has 0 radical (unpaired) electrons.